The largest absolute Gasteiger partial charge is 0.322 e. The number of aromatic nitrogens is 1. The second kappa shape index (κ2) is 7.76. The fourth-order valence-corrected chi connectivity index (χ4v) is 3.01. The quantitative estimate of drug-likeness (QED) is 0.691. The van der Waals surface area contributed by atoms with Crippen molar-refractivity contribution in [3.63, 3.8) is 0 Å². The number of amides is 2. The molecule has 0 saturated heterocycles. The van der Waals surface area contributed by atoms with Crippen molar-refractivity contribution in [1.82, 2.24) is 4.98 Å². The van der Waals surface area contributed by atoms with E-state index in [0.717, 1.165) is 10.6 Å². The lowest BCUT2D eigenvalue weighted by Gasteiger charge is -2.15. The minimum atomic E-state index is -0.212. The van der Waals surface area contributed by atoms with Gasteiger partial charge in [0, 0.05) is 41.1 Å². The topological polar surface area (TPSA) is 62.3 Å². The summed E-state index contributed by atoms with van der Waals surface area (Å²) in [5.41, 5.74) is 2.92. The Labute approximate surface area is 155 Å². The van der Waals surface area contributed by atoms with Crippen molar-refractivity contribution in [2.75, 3.05) is 17.3 Å². The summed E-state index contributed by atoms with van der Waals surface area (Å²) >= 11 is 1.57. The maximum atomic E-state index is 12.4. The minimum Gasteiger partial charge on any atom is -0.322 e. The Balaban J connectivity index is 1.68. The number of carbonyl (C=O) groups excluding carboxylic acids is 2. The molecule has 3 aromatic rings. The zero-order valence-electron chi connectivity index (χ0n) is 14.2. The van der Waals surface area contributed by atoms with Crippen molar-refractivity contribution >= 4 is 34.5 Å². The third-order valence-corrected chi connectivity index (χ3v) is 4.67. The van der Waals surface area contributed by atoms with Crippen LogP contribution in [0, 0.1) is 0 Å². The highest BCUT2D eigenvalue weighted by molar-refractivity contribution is 7.13. The Morgan fingerprint density at radius 1 is 1.12 bits per heavy atom. The molecule has 0 radical (unpaired) electrons. The third kappa shape index (κ3) is 3.87. The van der Waals surface area contributed by atoms with Gasteiger partial charge in [-0.2, -0.15) is 0 Å². The lowest BCUT2D eigenvalue weighted by Crippen LogP contribution is -2.23. The highest BCUT2D eigenvalue weighted by Crippen LogP contribution is 2.23. The molecule has 0 atom stereocenters. The van der Waals surface area contributed by atoms with E-state index in [0.29, 0.717) is 16.9 Å². The van der Waals surface area contributed by atoms with Gasteiger partial charge < -0.3 is 10.2 Å². The van der Waals surface area contributed by atoms with Gasteiger partial charge in [0.25, 0.3) is 5.91 Å². The second-order valence-electron chi connectivity index (χ2n) is 5.52. The number of rotatable bonds is 5. The molecule has 0 bridgehead atoms. The fourth-order valence-electron chi connectivity index (χ4n) is 2.37. The second-order valence-corrected chi connectivity index (χ2v) is 6.41. The smallest absolute Gasteiger partial charge is 0.255 e. The van der Waals surface area contributed by atoms with Crippen LogP contribution in [0.15, 0.2) is 72.8 Å². The number of benzene rings is 2. The van der Waals surface area contributed by atoms with Crippen molar-refractivity contribution in [2.24, 2.45) is 0 Å². The SMILES string of the molecule is C=CC(=O)N(C)c1ccc(C(=O)Nc2ccc(-c3nccs3)cc2)cc1. The Morgan fingerprint density at radius 2 is 1.81 bits per heavy atom. The Kier molecular flexibility index (Phi) is 5.24. The van der Waals surface area contributed by atoms with Crippen molar-refractivity contribution in [2.45, 2.75) is 0 Å². The first-order valence-corrected chi connectivity index (χ1v) is 8.78. The molecular formula is C20H17N3O2S. The van der Waals surface area contributed by atoms with Crippen molar-refractivity contribution < 1.29 is 9.59 Å². The summed E-state index contributed by atoms with van der Waals surface area (Å²) in [6.45, 7) is 3.46. The van der Waals surface area contributed by atoms with Gasteiger partial charge in [-0.1, -0.05) is 6.58 Å². The van der Waals surface area contributed by atoms with Gasteiger partial charge in [0.2, 0.25) is 5.91 Å². The minimum absolute atomic E-state index is 0.206. The van der Waals surface area contributed by atoms with Crippen LogP contribution >= 0.6 is 11.3 Å². The van der Waals surface area contributed by atoms with E-state index in [2.05, 4.69) is 16.9 Å². The van der Waals surface area contributed by atoms with Gasteiger partial charge in [-0.3, -0.25) is 9.59 Å². The van der Waals surface area contributed by atoms with Crippen LogP contribution in [0.4, 0.5) is 11.4 Å². The van der Waals surface area contributed by atoms with Gasteiger partial charge in [0.1, 0.15) is 5.01 Å². The number of hydrogen-bond acceptors (Lipinski definition) is 4. The summed E-state index contributed by atoms with van der Waals surface area (Å²) in [5, 5.41) is 5.73. The van der Waals surface area contributed by atoms with Gasteiger partial charge in [-0.15, -0.1) is 11.3 Å². The van der Waals surface area contributed by atoms with Gasteiger partial charge in [-0.25, -0.2) is 4.98 Å². The lowest BCUT2D eigenvalue weighted by atomic mass is 10.1. The van der Waals surface area contributed by atoms with Gasteiger partial charge in [-0.05, 0) is 54.6 Å². The highest BCUT2D eigenvalue weighted by Gasteiger charge is 2.10. The van der Waals surface area contributed by atoms with E-state index in [9.17, 15) is 9.59 Å². The van der Waals surface area contributed by atoms with Crippen LogP contribution in [0.1, 0.15) is 10.4 Å². The van der Waals surface area contributed by atoms with Gasteiger partial charge in [0.05, 0.1) is 0 Å². The van der Waals surface area contributed by atoms with Crippen molar-refractivity contribution in [3.05, 3.63) is 78.3 Å². The molecule has 1 N–H and O–H groups in total. The molecule has 5 nitrogen and oxygen atoms in total. The first-order valence-electron chi connectivity index (χ1n) is 7.90. The van der Waals surface area contributed by atoms with Gasteiger partial charge >= 0.3 is 0 Å². The number of anilines is 2. The van der Waals surface area contributed by atoms with E-state index >= 15 is 0 Å². The predicted octanol–water partition coefficient (Wildman–Crippen LogP) is 4.21. The summed E-state index contributed by atoms with van der Waals surface area (Å²) < 4.78 is 0. The molecule has 26 heavy (non-hydrogen) atoms. The van der Waals surface area contributed by atoms with Crippen LogP contribution in [0.5, 0.6) is 0 Å². The van der Waals surface area contributed by atoms with E-state index in [-0.39, 0.29) is 11.8 Å². The summed E-state index contributed by atoms with van der Waals surface area (Å²) in [6, 6.07) is 14.4. The molecule has 0 fully saturated rings. The van der Waals surface area contributed by atoms with Crippen LogP contribution in [-0.4, -0.2) is 23.8 Å². The normalized spacial score (nSPS) is 10.2. The first kappa shape index (κ1) is 17.6. The molecule has 0 unspecified atom stereocenters. The van der Waals surface area contributed by atoms with E-state index in [1.54, 1.807) is 48.8 Å². The zero-order chi connectivity index (χ0) is 18.5. The molecule has 1 heterocycles. The number of thiazole rings is 1. The average molecular weight is 363 g/mol. The average Bonchev–Trinajstić information content (AvgIpc) is 3.22. The summed E-state index contributed by atoms with van der Waals surface area (Å²) in [5.74, 6) is -0.418. The number of hydrogen-bond donors (Lipinski definition) is 1. The van der Waals surface area contributed by atoms with E-state index < -0.39 is 0 Å². The number of likely N-dealkylation sites (N-methyl/N-ethyl adjacent to an activating group) is 1. The van der Waals surface area contributed by atoms with Crippen molar-refractivity contribution in [3.8, 4) is 10.6 Å². The molecule has 2 aromatic carbocycles. The highest BCUT2D eigenvalue weighted by atomic mass is 32.1. The molecule has 0 aliphatic heterocycles. The number of carbonyl (C=O) groups is 2. The summed E-state index contributed by atoms with van der Waals surface area (Å²) in [6.07, 6.45) is 3.01. The van der Waals surface area contributed by atoms with E-state index in [1.807, 2.05) is 29.6 Å². The maximum absolute atomic E-state index is 12.4. The fraction of sp³-hybridized carbons (Fsp3) is 0.0500. The molecule has 3 rings (SSSR count). The standard InChI is InChI=1S/C20H17N3O2S/c1-3-18(24)23(2)17-10-6-14(7-11-17)19(25)22-16-8-4-15(5-9-16)20-21-12-13-26-20/h3-13H,1H2,2H3,(H,22,25). The molecule has 6 heteroatoms. The van der Waals surface area contributed by atoms with Gasteiger partial charge in [0.15, 0.2) is 0 Å². The molecule has 130 valence electrons. The summed E-state index contributed by atoms with van der Waals surface area (Å²) in [4.78, 5) is 29.7. The zero-order valence-corrected chi connectivity index (χ0v) is 15.0. The first-order chi connectivity index (χ1) is 12.6. The van der Waals surface area contributed by atoms with Crippen LogP contribution in [0.2, 0.25) is 0 Å². The number of nitrogens with one attached hydrogen (secondary N) is 1. The molecule has 2 amide bonds. The van der Waals surface area contributed by atoms with E-state index in [4.69, 9.17) is 0 Å². The molecule has 0 aliphatic rings. The molecular weight excluding hydrogens is 346 g/mol. The lowest BCUT2D eigenvalue weighted by molar-refractivity contribution is -0.113. The number of nitrogens with zero attached hydrogens (tertiary/aromatic N) is 2. The Bertz CT molecular complexity index is 917. The van der Waals surface area contributed by atoms with Crippen LogP contribution in [0.25, 0.3) is 10.6 Å². The third-order valence-electron chi connectivity index (χ3n) is 3.84. The molecule has 1 aromatic heterocycles. The summed E-state index contributed by atoms with van der Waals surface area (Å²) in [7, 11) is 1.66. The maximum Gasteiger partial charge on any atom is 0.255 e. The Hall–Kier alpha value is -3.25. The molecule has 0 aliphatic carbocycles. The molecule has 0 spiro atoms. The van der Waals surface area contributed by atoms with Crippen molar-refractivity contribution in [1.29, 1.82) is 0 Å². The van der Waals surface area contributed by atoms with E-state index in [1.165, 1.54) is 11.0 Å². The van der Waals surface area contributed by atoms with Crippen LogP contribution < -0.4 is 10.2 Å². The molecule has 0 saturated carbocycles. The van der Waals surface area contributed by atoms with Crippen LogP contribution in [-0.2, 0) is 4.79 Å². The Morgan fingerprint density at radius 3 is 2.38 bits per heavy atom. The van der Waals surface area contributed by atoms with Crippen LogP contribution in [0.3, 0.4) is 0 Å². The monoisotopic (exact) mass is 363 g/mol. The predicted molar refractivity (Wildman–Crippen MR) is 106 cm³/mol.